The fourth-order valence-corrected chi connectivity index (χ4v) is 1.82. The van der Waals surface area contributed by atoms with Gasteiger partial charge in [-0.25, -0.2) is 8.42 Å². The molecule has 0 fully saturated rings. The van der Waals surface area contributed by atoms with Gasteiger partial charge in [-0.3, -0.25) is 4.79 Å². The Morgan fingerprint density at radius 3 is 2.57 bits per heavy atom. The second-order valence-electron chi connectivity index (χ2n) is 3.00. The Hall–Kier alpha value is -0.870. The number of halogens is 1. The topological polar surface area (TPSA) is 51.2 Å². The Kier molecular flexibility index (Phi) is 3.29. The van der Waals surface area contributed by atoms with Crippen molar-refractivity contribution in [2.75, 3.05) is 12.0 Å². The fraction of sp³-hybridized carbons (Fsp3) is 0.222. The van der Waals surface area contributed by atoms with Crippen molar-refractivity contribution in [3.63, 3.8) is 0 Å². The molecule has 3 nitrogen and oxygen atoms in total. The van der Waals surface area contributed by atoms with Crippen molar-refractivity contribution in [3.8, 4) is 0 Å². The number of hydrogen-bond acceptors (Lipinski definition) is 3. The molecule has 0 aliphatic rings. The molecule has 0 N–H and O–H groups in total. The third kappa shape index (κ3) is 3.47. The number of carbonyl (C=O) groups is 1. The van der Waals surface area contributed by atoms with Crippen LogP contribution in [-0.4, -0.2) is 26.2 Å². The van der Waals surface area contributed by atoms with Crippen molar-refractivity contribution in [1.29, 1.82) is 0 Å². The van der Waals surface area contributed by atoms with Crippen LogP contribution in [-0.2, 0) is 9.84 Å². The van der Waals surface area contributed by atoms with E-state index in [0.29, 0.717) is 10.6 Å². The first-order valence-corrected chi connectivity index (χ1v) is 6.29. The molecule has 0 radical (unpaired) electrons. The van der Waals surface area contributed by atoms with E-state index in [1.807, 2.05) is 0 Å². The molecule has 0 saturated heterocycles. The van der Waals surface area contributed by atoms with Crippen LogP contribution >= 0.6 is 11.6 Å². The number of benzene rings is 1. The Balaban J connectivity index is 2.91. The van der Waals surface area contributed by atoms with Crippen LogP contribution in [0.2, 0.25) is 5.02 Å². The van der Waals surface area contributed by atoms with Crippen molar-refractivity contribution < 1.29 is 13.2 Å². The van der Waals surface area contributed by atoms with Gasteiger partial charge in [-0.2, -0.15) is 0 Å². The Morgan fingerprint density at radius 2 is 2.07 bits per heavy atom. The zero-order chi connectivity index (χ0) is 10.8. The Morgan fingerprint density at radius 1 is 1.43 bits per heavy atom. The van der Waals surface area contributed by atoms with E-state index in [1.54, 1.807) is 18.2 Å². The summed E-state index contributed by atoms with van der Waals surface area (Å²) in [5, 5.41) is 0.421. The Bertz CT molecular complexity index is 451. The van der Waals surface area contributed by atoms with E-state index in [1.165, 1.54) is 6.07 Å². The highest BCUT2D eigenvalue weighted by molar-refractivity contribution is 7.91. The highest BCUT2D eigenvalue weighted by Crippen LogP contribution is 2.11. The summed E-state index contributed by atoms with van der Waals surface area (Å²) in [5.74, 6) is -0.914. The fourth-order valence-electron chi connectivity index (χ4n) is 0.983. The predicted octanol–water partition coefficient (Wildman–Crippen LogP) is 1.57. The van der Waals surface area contributed by atoms with Crippen LogP contribution in [0.15, 0.2) is 24.3 Å². The van der Waals surface area contributed by atoms with E-state index < -0.39 is 21.4 Å². The smallest absolute Gasteiger partial charge is 0.177 e. The molecule has 0 aliphatic heterocycles. The molecule has 1 aromatic rings. The molecular formula is C9H9ClO3S. The van der Waals surface area contributed by atoms with Gasteiger partial charge in [0.2, 0.25) is 0 Å². The van der Waals surface area contributed by atoms with Crippen LogP contribution in [0.1, 0.15) is 10.4 Å². The first-order valence-electron chi connectivity index (χ1n) is 3.85. The maximum Gasteiger partial charge on any atom is 0.177 e. The second kappa shape index (κ2) is 4.11. The zero-order valence-electron chi connectivity index (χ0n) is 7.53. The summed E-state index contributed by atoms with van der Waals surface area (Å²) in [5.41, 5.74) is 0.322. The summed E-state index contributed by atoms with van der Waals surface area (Å²) in [4.78, 5) is 11.4. The SMILES string of the molecule is CS(=O)(=O)CC(=O)c1cccc(Cl)c1. The van der Waals surface area contributed by atoms with E-state index >= 15 is 0 Å². The summed E-state index contributed by atoms with van der Waals surface area (Å²) >= 11 is 5.66. The molecule has 0 amide bonds. The molecule has 76 valence electrons. The van der Waals surface area contributed by atoms with Gasteiger partial charge >= 0.3 is 0 Å². The molecule has 0 spiro atoms. The first-order chi connectivity index (χ1) is 6.38. The van der Waals surface area contributed by atoms with Gasteiger partial charge < -0.3 is 0 Å². The van der Waals surface area contributed by atoms with Crippen LogP contribution in [0.25, 0.3) is 0 Å². The zero-order valence-corrected chi connectivity index (χ0v) is 9.10. The van der Waals surface area contributed by atoms with Gasteiger partial charge in [-0.15, -0.1) is 0 Å². The highest BCUT2D eigenvalue weighted by atomic mass is 35.5. The average Bonchev–Trinajstić information content (AvgIpc) is 2.01. The normalized spacial score (nSPS) is 11.3. The van der Waals surface area contributed by atoms with Crippen LogP contribution in [0.5, 0.6) is 0 Å². The molecule has 0 atom stereocenters. The molecule has 0 bridgehead atoms. The van der Waals surface area contributed by atoms with E-state index in [0.717, 1.165) is 6.26 Å². The molecule has 0 aromatic heterocycles. The van der Waals surface area contributed by atoms with Crippen molar-refractivity contribution >= 4 is 27.2 Å². The molecule has 14 heavy (non-hydrogen) atoms. The predicted molar refractivity (Wildman–Crippen MR) is 55.5 cm³/mol. The summed E-state index contributed by atoms with van der Waals surface area (Å²) in [7, 11) is -3.28. The average molecular weight is 233 g/mol. The number of sulfone groups is 1. The number of Topliss-reactive ketones (excluding diaryl/α,β-unsaturated/α-hetero) is 1. The van der Waals surface area contributed by atoms with Crippen molar-refractivity contribution in [1.82, 2.24) is 0 Å². The van der Waals surface area contributed by atoms with Crippen molar-refractivity contribution in [2.24, 2.45) is 0 Å². The first kappa shape index (κ1) is 11.2. The summed E-state index contributed by atoms with van der Waals surface area (Å²) in [6, 6.07) is 6.23. The molecule has 0 saturated carbocycles. The lowest BCUT2D eigenvalue weighted by molar-refractivity contribution is 0.102. The second-order valence-corrected chi connectivity index (χ2v) is 5.58. The lowest BCUT2D eigenvalue weighted by Crippen LogP contribution is -2.14. The van der Waals surface area contributed by atoms with Gasteiger partial charge in [-0.05, 0) is 12.1 Å². The third-order valence-corrected chi connectivity index (χ3v) is 2.56. The quantitative estimate of drug-likeness (QED) is 0.744. The number of ketones is 1. The largest absolute Gasteiger partial charge is 0.293 e. The highest BCUT2D eigenvalue weighted by Gasteiger charge is 2.12. The molecule has 5 heteroatoms. The van der Waals surface area contributed by atoms with E-state index in [2.05, 4.69) is 0 Å². The minimum atomic E-state index is -3.28. The van der Waals surface area contributed by atoms with Crippen molar-refractivity contribution in [2.45, 2.75) is 0 Å². The van der Waals surface area contributed by atoms with E-state index in [9.17, 15) is 13.2 Å². The molecule has 1 rings (SSSR count). The minimum absolute atomic E-state index is 0.322. The van der Waals surface area contributed by atoms with Crippen LogP contribution in [0, 0.1) is 0 Å². The molecule has 0 heterocycles. The third-order valence-electron chi connectivity index (χ3n) is 1.54. The van der Waals surface area contributed by atoms with Crippen LogP contribution < -0.4 is 0 Å². The van der Waals surface area contributed by atoms with Gasteiger partial charge in [0.25, 0.3) is 0 Å². The number of rotatable bonds is 3. The standard InChI is InChI=1S/C9H9ClO3S/c1-14(12,13)6-9(11)7-3-2-4-8(10)5-7/h2-5H,6H2,1H3. The maximum atomic E-state index is 11.4. The molecule has 1 aromatic carbocycles. The summed E-state index contributed by atoms with van der Waals surface area (Å²) in [6.45, 7) is 0. The molecule has 0 unspecified atom stereocenters. The van der Waals surface area contributed by atoms with Crippen LogP contribution in [0.4, 0.5) is 0 Å². The monoisotopic (exact) mass is 232 g/mol. The van der Waals surface area contributed by atoms with E-state index in [4.69, 9.17) is 11.6 Å². The summed E-state index contributed by atoms with van der Waals surface area (Å²) in [6.07, 6.45) is 1.02. The minimum Gasteiger partial charge on any atom is -0.293 e. The van der Waals surface area contributed by atoms with Gasteiger partial charge in [0.1, 0.15) is 5.75 Å². The Labute approximate surface area is 87.6 Å². The van der Waals surface area contributed by atoms with Gasteiger partial charge in [0.05, 0.1) is 0 Å². The van der Waals surface area contributed by atoms with Gasteiger partial charge in [0.15, 0.2) is 15.6 Å². The van der Waals surface area contributed by atoms with E-state index in [-0.39, 0.29) is 0 Å². The number of hydrogen-bond donors (Lipinski definition) is 0. The lowest BCUT2D eigenvalue weighted by Gasteiger charge is -1.99. The van der Waals surface area contributed by atoms with Gasteiger partial charge in [-0.1, -0.05) is 23.7 Å². The summed E-state index contributed by atoms with van der Waals surface area (Å²) < 4.78 is 21.7. The molecule has 0 aliphatic carbocycles. The maximum absolute atomic E-state index is 11.4. The number of carbonyl (C=O) groups excluding carboxylic acids is 1. The van der Waals surface area contributed by atoms with Crippen molar-refractivity contribution in [3.05, 3.63) is 34.9 Å². The van der Waals surface area contributed by atoms with Gasteiger partial charge in [0, 0.05) is 16.8 Å². The van der Waals surface area contributed by atoms with Crippen LogP contribution in [0.3, 0.4) is 0 Å². The molecular weight excluding hydrogens is 224 g/mol. The lowest BCUT2D eigenvalue weighted by atomic mass is 10.1.